The van der Waals surface area contributed by atoms with Gasteiger partial charge in [0.1, 0.15) is 22.8 Å². The maximum atomic E-state index is 11.9. The zero-order chi connectivity index (χ0) is 21.6. The summed E-state index contributed by atoms with van der Waals surface area (Å²) in [6.07, 6.45) is 1.52. The topological polar surface area (TPSA) is 96.4 Å². The molecule has 0 aliphatic rings. The van der Waals surface area contributed by atoms with Gasteiger partial charge in [-0.05, 0) is 42.1 Å². The Morgan fingerprint density at radius 3 is 2.65 bits per heavy atom. The molecule has 0 fully saturated rings. The fraction of sp³-hybridized carbons (Fsp3) is 0.0417. The first kappa shape index (κ1) is 20.3. The van der Waals surface area contributed by atoms with Crippen LogP contribution in [0.5, 0.6) is 5.75 Å². The van der Waals surface area contributed by atoms with Crippen molar-refractivity contribution in [3.8, 4) is 11.8 Å². The molecule has 1 aromatic heterocycles. The van der Waals surface area contributed by atoms with Crippen LogP contribution in [0.1, 0.15) is 16.7 Å². The lowest BCUT2D eigenvalue weighted by Crippen LogP contribution is -2.00. The van der Waals surface area contributed by atoms with Crippen molar-refractivity contribution >= 4 is 34.9 Å². The zero-order valence-corrected chi connectivity index (χ0v) is 17.0. The Labute approximate surface area is 182 Å². The molecule has 31 heavy (non-hydrogen) atoms. The summed E-state index contributed by atoms with van der Waals surface area (Å²) in [7, 11) is 0. The predicted octanol–water partition coefficient (Wildman–Crippen LogP) is 5.50. The lowest BCUT2D eigenvalue weighted by molar-refractivity contribution is -0.131. The summed E-state index contributed by atoms with van der Waals surface area (Å²) in [4.78, 5) is 16.2. The second-order valence-electron chi connectivity index (χ2n) is 6.46. The molecular formula is C24H16N2O4S. The van der Waals surface area contributed by atoms with Gasteiger partial charge in [0.15, 0.2) is 5.58 Å². The van der Waals surface area contributed by atoms with Gasteiger partial charge in [-0.3, -0.25) is 0 Å². The maximum absolute atomic E-state index is 11.9. The summed E-state index contributed by atoms with van der Waals surface area (Å²) >= 11 is 0.932. The number of fused-ring (bicyclic) bond motifs is 1. The molecule has 0 spiro atoms. The van der Waals surface area contributed by atoms with Crippen molar-refractivity contribution < 1.29 is 19.1 Å². The van der Waals surface area contributed by atoms with Gasteiger partial charge in [0, 0.05) is 11.1 Å². The molecule has 0 saturated heterocycles. The van der Waals surface area contributed by atoms with E-state index >= 15 is 0 Å². The van der Waals surface area contributed by atoms with E-state index in [9.17, 15) is 15.2 Å². The van der Waals surface area contributed by atoms with Crippen LogP contribution in [-0.2, 0) is 11.4 Å². The highest BCUT2D eigenvalue weighted by Crippen LogP contribution is 2.32. The third kappa shape index (κ3) is 4.77. The zero-order valence-electron chi connectivity index (χ0n) is 16.2. The first-order valence-electron chi connectivity index (χ1n) is 9.32. The van der Waals surface area contributed by atoms with Crippen molar-refractivity contribution in [3.05, 3.63) is 94.4 Å². The number of nitriles is 1. The molecule has 0 radical (unpaired) electrons. The van der Waals surface area contributed by atoms with Gasteiger partial charge in [0.2, 0.25) is 0 Å². The lowest BCUT2D eigenvalue weighted by atomic mass is 10.1. The molecule has 1 heterocycles. The van der Waals surface area contributed by atoms with Crippen LogP contribution in [0, 0.1) is 11.3 Å². The largest absolute Gasteiger partial charge is 0.488 e. The molecule has 4 aromatic rings. The number of carboxylic acid groups (broad SMARTS) is 1. The number of rotatable bonds is 7. The number of ether oxygens (including phenoxy) is 1. The number of thioether (sulfide) groups is 1. The van der Waals surface area contributed by atoms with Gasteiger partial charge in [-0.2, -0.15) is 5.26 Å². The number of hydrogen-bond donors (Lipinski definition) is 1. The SMILES string of the molecule is N#Cc1ccccc1COc1ccccc1/C=C(\Sc1nc2ccccc2o1)C(=O)O. The molecular weight excluding hydrogens is 412 g/mol. The van der Waals surface area contributed by atoms with Crippen LogP contribution in [0.15, 0.2) is 87.3 Å². The molecule has 4 rings (SSSR count). The summed E-state index contributed by atoms with van der Waals surface area (Å²) in [5.74, 6) is -0.593. The average Bonchev–Trinajstić information content (AvgIpc) is 3.20. The van der Waals surface area contributed by atoms with Crippen LogP contribution in [0.25, 0.3) is 17.2 Å². The van der Waals surface area contributed by atoms with E-state index < -0.39 is 5.97 Å². The first-order chi connectivity index (χ1) is 15.1. The van der Waals surface area contributed by atoms with E-state index in [0.717, 1.165) is 17.3 Å². The quantitative estimate of drug-likeness (QED) is 0.307. The van der Waals surface area contributed by atoms with Crippen LogP contribution in [0.2, 0.25) is 0 Å². The summed E-state index contributed by atoms with van der Waals surface area (Å²) in [5.41, 5.74) is 3.14. The Kier molecular flexibility index (Phi) is 6.01. The van der Waals surface area contributed by atoms with Crippen molar-refractivity contribution in [2.45, 2.75) is 11.8 Å². The molecule has 6 nitrogen and oxygen atoms in total. The second kappa shape index (κ2) is 9.20. The third-order valence-electron chi connectivity index (χ3n) is 4.41. The highest BCUT2D eigenvalue weighted by molar-refractivity contribution is 8.03. The van der Waals surface area contributed by atoms with Crippen LogP contribution < -0.4 is 4.74 Å². The fourth-order valence-corrected chi connectivity index (χ4v) is 3.64. The van der Waals surface area contributed by atoms with E-state index in [0.29, 0.717) is 28.0 Å². The van der Waals surface area contributed by atoms with Gasteiger partial charge < -0.3 is 14.3 Å². The van der Waals surface area contributed by atoms with E-state index in [1.54, 1.807) is 48.5 Å². The molecule has 0 saturated carbocycles. The standard InChI is InChI=1S/C24H16N2O4S/c25-14-17-8-1-2-9-18(17)15-29-20-11-5-3-7-16(20)13-22(23(27)28)31-24-26-19-10-4-6-12-21(19)30-24/h1-13H,15H2,(H,27,28)/b22-13-. The summed E-state index contributed by atoms with van der Waals surface area (Å²) < 4.78 is 11.5. The fourth-order valence-electron chi connectivity index (χ4n) is 2.91. The smallest absolute Gasteiger partial charge is 0.342 e. The van der Waals surface area contributed by atoms with Crippen LogP contribution >= 0.6 is 11.8 Å². The monoisotopic (exact) mass is 428 g/mol. The van der Waals surface area contributed by atoms with E-state index in [4.69, 9.17) is 9.15 Å². The van der Waals surface area contributed by atoms with Crippen molar-refractivity contribution in [3.63, 3.8) is 0 Å². The number of aromatic nitrogens is 1. The Hall–Kier alpha value is -4.02. The Balaban J connectivity index is 1.59. The van der Waals surface area contributed by atoms with Gasteiger partial charge in [-0.25, -0.2) is 9.78 Å². The van der Waals surface area contributed by atoms with Crippen molar-refractivity contribution in [1.82, 2.24) is 4.98 Å². The highest BCUT2D eigenvalue weighted by atomic mass is 32.2. The number of nitrogens with zero attached hydrogens (tertiary/aromatic N) is 2. The average molecular weight is 428 g/mol. The van der Waals surface area contributed by atoms with Gasteiger partial charge in [0.05, 0.1) is 11.6 Å². The van der Waals surface area contributed by atoms with Gasteiger partial charge in [-0.1, -0.05) is 48.5 Å². The van der Waals surface area contributed by atoms with Gasteiger partial charge in [-0.15, -0.1) is 0 Å². The summed E-state index contributed by atoms with van der Waals surface area (Å²) in [5, 5.41) is 19.2. The Morgan fingerprint density at radius 2 is 1.84 bits per heavy atom. The molecule has 0 aliphatic carbocycles. The summed E-state index contributed by atoms with van der Waals surface area (Å²) in [6.45, 7) is 0.190. The Bertz CT molecular complexity index is 1290. The minimum Gasteiger partial charge on any atom is -0.488 e. The lowest BCUT2D eigenvalue weighted by Gasteiger charge is -2.11. The molecule has 0 aliphatic heterocycles. The number of oxazole rings is 1. The Morgan fingerprint density at radius 1 is 1.10 bits per heavy atom. The van der Waals surface area contributed by atoms with Gasteiger partial charge >= 0.3 is 5.97 Å². The number of carboxylic acids is 1. The number of para-hydroxylation sites is 3. The minimum atomic E-state index is -1.10. The van der Waals surface area contributed by atoms with E-state index in [2.05, 4.69) is 11.1 Å². The third-order valence-corrected chi connectivity index (χ3v) is 5.27. The van der Waals surface area contributed by atoms with Crippen LogP contribution in [0.3, 0.4) is 0 Å². The maximum Gasteiger partial charge on any atom is 0.342 e. The molecule has 1 N–H and O–H groups in total. The van der Waals surface area contributed by atoms with Gasteiger partial charge in [0.25, 0.3) is 5.22 Å². The molecule has 0 bridgehead atoms. The molecule has 0 unspecified atom stereocenters. The molecule has 0 atom stereocenters. The number of aliphatic carboxylic acids is 1. The van der Waals surface area contributed by atoms with E-state index in [1.165, 1.54) is 6.08 Å². The number of hydrogen-bond acceptors (Lipinski definition) is 6. The normalized spacial score (nSPS) is 11.3. The molecule has 3 aromatic carbocycles. The molecule has 7 heteroatoms. The first-order valence-corrected chi connectivity index (χ1v) is 10.1. The predicted molar refractivity (Wildman–Crippen MR) is 117 cm³/mol. The van der Waals surface area contributed by atoms with Crippen molar-refractivity contribution in [1.29, 1.82) is 5.26 Å². The number of benzene rings is 3. The molecule has 152 valence electrons. The van der Waals surface area contributed by atoms with Crippen molar-refractivity contribution in [2.75, 3.05) is 0 Å². The van der Waals surface area contributed by atoms with Crippen molar-refractivity contribution in [2.24, 2.45) is 0 Å². The highest BCUT2D eigenvalue weighted by Gasteiger charge is 2.16. The van der Waals surface area contributed by atoms with Crippen LogP contribution in [0.4, 0.5) is 0 Å². The number of carbonyl (C=O) groups is 1. The summed E-state index contributed by atoms with van der Waals surface area (Å²) in [6, 6.07) is 23.7. The van der Waals surface area contributed by atoms with E-state index in [1.807, 2.05) is 24.3 Å². The van der Waals surface area contributed by atoms with E-state index in [-0.39, 0.29) is 16.7 Å². The second-order valence-corrected chi connectivity index (χ2v) is 7.45. The molecule has 0 amide bonds. The van der Waals surface area contributed by atoms with Crippen LogP contribution in [-0.4, -0.2) is 16.1 Å². The minimum absolute atomic E-state index is 0.0417.